The number of urea groups is 1. The predicted octanol–water partition coefficient (Wildman–Crippen LogP) is 3.14. The first-order chi connectivity index (χ1) is 21.1. The van der Waals surface area contributed by atoms with Crippen molar-refractivity contribution < 1.29 is 33.3 Å². The lowest BCUT2D eigenvalue weighted by Crippen LogP contribution is -2.31. The van der Waals surface area contributed by atoms with E-state index in [1.54, 1.807) is 36.1 Å². The molecule has 2 saturated heterocycles. The molecule has 4 aromatic rings. The molecule has 5 heterocycles. The number of amides is 2. The summed E-state index contributed by atoms with van der Waals surface area (Å²) in [7, 11) is 0. The van der Waals surface area contributed by atoms with Crippen molar-refractivity contribution >= 4 is 29.0 Å². The first-order valence-electron chi connectivity index (χ1n) is 14.0. The van der Waals surface area contributed by atoms with Crippen LogP contribution in [0.3, 0.4) is 0 Å². The van der Waals surface area contributed by atoms with E-state index in [1.807, 2.05) is 37.3 Å². The summed E-state index contributed by atoms with van der Waals surface area (Å²) in [6.45, 7) is 4.48. The number of carbonyl (C=O) groups is 2. The van der Waals surface area contributed by atoms with Crippen LogP contribution < -0.4 is 10.6 Å². The first-order valence-corrected chi connectivity index (χ1v) is 14.0. The Morgan fingerprint density at radius 3 is 2.63 bits per heavy atom. The SMILES string of the molecule is CCNC(=O)Nc1ncnc2c1ncn2C1OC(COCc2ncccc2C(=O)OCC)C2O[C@H](c3ccccc3)OC21. The molecule has 1 aromatic carbocycles. The van der Waals surface area contributed by atoms with Crippen LogP contribution in [0, 0.1) is 0 Å². The van der Waals surface area contributed by atoms with E-state index in [2.05, 4.69) is 30.6 Å². The standard InChI is InChI=1S/C29H31N7O7/c1-3-30-29(38)35-24-21-25(33-15-32-24)36(16-34-21)26-23-22(42-28(43-23)17-9-6-5-7-10-17)20(41-26)14-39-13-19-18(11-8-12-31-19)27(37)40-4-2/h5-12,15-16,20,22-23,26,28H,3-4,13-14H2,1-2H3,(H2,30,32,33,35,38)/t20?,22?,23?,26?,28-/m0/s1. The van der Waals surface area contributed by atoms with Gasteiger partial charge in [0.2, 0.25) is 0 Å². The van der Waals surface area contributed by atoms with Crippen LogP contribution in [0.5, 0.6) is 0 Å². The Hall–Kier alpha value is -4.50. The third-order valence-corrected chi connectivity index (χ3v) is 7.03. The summed E-state index contributed by atoms with van der Waals surface area (Å²) in [5.74, 6) is -0.192. The topological polar surface area (TPSA) is 161 Å². The average Bonchev–Trinajstić information content (AvgIpc) is 3.73. The lowest BCUT2D eigenvalue weighted by Gasteiger charge is -2.21. The zero-order valence-electron chi connectivity index (χ0n) is 23.6. The maximum atomic E-state index is 12.4. The predicted molar refractivity (Wildman–Crippen MR) is 151 cm³/mol. The van der Waals surface area contributed by atoms with Crippen molar-refractivity contribution in [2.24, 2.45) is 0 Å². The van der Waals surface area contributed by atoms with E-state index in [4.69, 9.17) is 23.7 Å². The van der Waals surface area contributed by atoms with Crippen molar-refractivity contribution in [1.29, 1.82) is 0 Å². The summed E-state index contributed by atoms with van der Waals surface area (Å²) in [4.78, 5) is 41.9. The van der Waals surface area contributed by atoms with Gasteiger partial charge in [0.1, 0.15) is 24.6 Å². The molecule has 14 nitrogen and oxygen atoms in total. The highest BCUT2D eigenvalue weighted by atomic mass is 16.8. The molecule has 224 valence electrons. The highest BCUT2D eigenvalue weighted by Gasteiger charge is 2.54. The molecule has 43 heavy (non-hydrogen) atoms. The van der Waals surface area contributed by atoms with Crippen molar-refractivity contribution in [2.45, 2.75) is 51.3 Å². The van der Waals surface area contributed by atoms with Gasteiger partial charge in [-0.2, -0.15) is 0 Å². The minimum Gasteiger partial charge on any atom is -0.462 e. The monoisotopic (exact) mass is 589 g/mol. The number of hydrogen-bond donors (Lipinski definition) is 2. The smallest absolute Gasteiger partial charge is 0.340 e. The number of nitrogens with zero attached hydrogens (tertiary/aromatic N) is 5. The highest BCUT2D eigenvalue weighted by molar-refractivity contribution is 5.95. The molecule has 2 aliphatic heterocycles. The second-order valence-corrected chi connectivity index (χ2v) is 9.77. The van der Waals surface area contributed by atoms with Crippen molar-refractivity contribution in [3.8, 4) is 0 Å². The van der Waals surface area contributed by atoms with E-state index in [0.29, 0.717) is 29.0 Å². The van der Waals surface area contributed by atoms with Crippen LogP contribution in [0.15, 0.2) is 61.3 Å². The number of ether oxygens (including phenoxy) is 5. The lowest BCUT2D eigenvalue weighted by molar-refractivity contribution is -0.158. The van der Waals surface area contributed by atoms with E-state index in [-0.39, 0.29) is 25.6 Å². The summed E-state index contributed by atoms with van der Waals surface area (Å²) in [6, 6.07) is 12.6. The van der Waals surface area contributed by atoms with Crippen LogP contribution >= 0.6 is 0 Å². The fourth-order valence-electron chi connectivity index (χ4n) is 5.12. The molecular weight excluding hydrogens is 558 g/mol. The summed E-state index contributed by atoms with van der Waals surface area (Å²) >= 11 is 0. The van der Waals surface area contributed by atoms with Crippen LogP contribution in [0.1, 0.15) is 48.0 Å². The van der Waals surface area contributed by atoms with E-state index in [1.165, 1.54) is 6.33 Å². The Bertz CT molecular complexity index is 1580. The molecule has 6 rings (SSSR count). The maximum absolute atomic E-state index is 12.4. The molecule has 0 bridgehead atoms. The number of esters is 1. The normalized spacial score (nSPS) is 22.8. The molecule has 4 unspecified atom stereocenters. The Morgan fingerprint density at radius 2 is 1.81 bits per heavy atom. The van der Waals surface area contributed by atoms with Crippen molar-refractivity contribution in [1.82, 2.24) is 29.8 Å². The average molecular weight is 590 g/mol. The summed E-state index contributed by atoms with van der Waals surface area (Å²) < 4.78 is 32.2. The minimum atomic E-state index is -0.672. The molecule has 2 fully saturated rings. The molecule has 14 heteroatoms. The van der Waals surface area contributed by atoms with E-state index in [9.17, 15) is 9.59 Å². The highest BCUT2D eigenvalue weighted by Crippen LogP contribution is 2.45. The summed E-state index contributed by atoms with van der Waals surface area (Å²) in [6.07, 6.45) is 1.68. The Labute approximate surface area is 246 Å². The molecule has 2 amide bonds. The quantitative estimate of drug-likeness (QED) is 0.262. The van der Waals surface area contributed by atoms with Gasteiger partial charge in [-0.3, -0.25) is 14.9 Å². The van der Waals surface area contributed by atoms with Crippen molar-refractivity contribution in [2.75, 3.05) is 25.1 Å². The van der Waals surface area contributed by atoms with Crippen molar-refractivity contribution in [3.63, 3.8) is 0 Å². The van der Waals surface area contributed by atoms with Crippen LogP contribution in [-0.4, -0.2) is 74.6 Å². The second kappa shape index (κ2) is 12.8. The Balaban J connectivity index is 1.24. The zero-order chi connectivity index (χ0) is 29.8. The molecule has 2 N–H and O–H groups in total. The Kier molecular flexibility index (Phi) is 8.51. The number of fused-ring (bicyclic) bond motifs is 2. The van der Waals surface area contributed by atoms with Crippen molar-refractivity contribution in [3.05, 3.63) is 78.1 Å². The fraction of sp³-hybridized carbons (Fsp3) is 0.379. The third kappa shape index (κ3) is 5.90. The zero-order valence-corrected chi connectivity index (χ0v) is 23.6. The molecule has 3 aromatic heterocycles. The number of nitrogens with one attached hydrogen (secondary N) is 2. The first kappa shape index (κ1) is 28.6. The molecular formula is C29H31N7O7. The molecule has 0 saturated carbocycles. The van der Waals surface area contributed by atoms with Gasteiger partial charge in [-0.05, 0) is 26.0 Å². The van der Waals surface area contributed by atoms with E-state index < -0.39 is 42.8 Å². The van der Waals surface area contributed by atoms with E-state index in [0.717, 1.165) is 5.56 Å². The van der Waals surface area contributed by atoms with Gasteiger partial charge in [-0.1, -0.05) is 30.3 Å². The van der Waals surface area contributed by atoms with Gasteiger partial charge in [-0.25, -0.2) is 24.5 Å². The van der Waals surface area contributed by atoms with Gasteiger partial charge in [0.15, 0.2) is 29.5 Å². The van der Waals surface area contributed by atoms with Gasteiger partial charge >= 0.3 is 12.0 Å². The van der Waals surface area contributed by atoms with Crippen LogP contribution in [0.2, 0.25) is 0 Å². The molecule has 0 aliphatic carbocycles. The number of hydrogen-bond acceptors (Lipinski definition) is 11. The van der Waals surface area contributed by atoms with Gasteiger partial charge < -0.3 is 29.0 Å². The molecule has 2 aliphatic rings. The minimum absolute atomic E-state index is 0.0654. The number of imidazole rings is 1. The number of aromatic nitrogens is 5. The summed E-state index contributed by atoms with van der Waals surface area (Å²) in [5, 5.41) is 5.38. The maximum Gasteiger partial charge on any atom is 0.340 e. The van der Waals surface area contributed by atoms with Gasteiger partial charge in [-0.15, -0.1) is 0 Å². The third-order valence-electron chi connectivity index (χ3n) is 7.03. The van der Waals surface area contributed by atoms with Crippen LogP contribution in [0.4, 0.5) is 10.6 Å². The fourth-order valence-corrected chi connectivity index (χ4v) is 5.12. The lowest BCUT2D eigenvalue weighted by atomic mass is 10.1. The van der Waals surface area contributed by atoms with E-state index >= 15 is 0 Å². The van der Waals surface area contributed by atoms with Gasteiger partial charge in [0, 0.05) is 18.3 Å². The molecule has 0 radical (unpaired) electrons. The van der Waals surface area contributed by atoms with Crippen LogP contribution in [0.25, 0.3) is 11.2 Å². The number of anilines is 1. The number of carbonyl (C=O) groups excluding carboxylic acids is 2. The van der Waals surface area contributed by atoms with Gasteiger partial charge in [0.25, 0.3) is 0 Å². The largest absolute Gasteiger partial charge is 0.462 e. The number of rotatable bonds is 10. The Morgan fingerprint density at radius 1 is 0.977 bits per heavy atom. The number of pyridine rings is 1. The number of benzene rings is 1. The molecule has 5 atom stereocenters. The molecule has 0 spiro atoms. The van der Waals surface area contributed by atoms with Crippen LogP contribution in [-0.2, 0) is 30.3 Å². The van der Waals surface area contributed by atoms with Gasteiger partial charge in [0.05, 0.1) is 37.4 Å². The summed E-state index contributed by atoms with van der Waals surface area (Å²) in [5.41, 5.74) is 2.52. The second-order valence-electron chi connectivity index (χ2n) is 9.77.